The molecule has 0 saturated heterocycles. The van der Waals surface area contributed by atoms with Gasteiger partial charge in [-0.15, -0.1) is 0 Å². The lowest BCUT2D eigenvalue weighted by molar-refractivity contribution is -0.122. The fourth-order valence-electron chi connectivity index (χ4n) is 0.498. The number of hydrogen-bond acceptors (Lipinski definition) is 3. The summed E-state index contributed by atoms with van der Waals surface area (Å²) in [5.74, 6) is -0.519. The lowest BCUT2D eigenvalue weighted by Crippen LogP contribution is -2.35. The number of nitrogens with one attached hydrogen (secondary N) is 2. The maximum Gasteiger partial charge on any atom is 0.314 e. The second-order valence-corrected chi connectivity index (χ2v) is 2.02. The average Bonchev–Trinajstić information content (AvgIpc) is 2.03. The molecule has 0 spiro atoms. The number of urea groups is 1. The van der Waals surface area contributed by atoms with Crippen molar-refractivity contribution in [1.29, 1.82) is 0 Å². The van der Waals surface area contributed by atoms with Crippen molar-refractivity contribution in [3.8, 4) is 0 Å². The zero-order valence-corrected chi connectivity index (χ0v) is 6.92. The molecule has 0 fully saturated rings. The van der Waals surface area contributed by atoms with Crippen LogP contribution in [0.2, 0.25) is 0 Å². The maximum atomic E-state index is 10.5. The summed E-state index contributed by atoms with van der Waals surface area (Å²) in [6.45, 7) is 0.513. The number of rotatable bonds is 5. The third-order valence-electron chi connectivity index (χ3n) is 1.00. The molecule has 0 unspecified atom stereocenters. The summed E-state index contributed by atoms with van der Waals surface area (Å²) in [6, 6.07) is -0.280. The van der Waals surface area contributed by atoms with E-state index in [2.05, 4.69) is 10.6 Å². The van der Waals surface area contributed by atoms with E-state index >= 15 is 0 Å². The topological polar surface area (TPSA) is 93.4 Å². The average molecular weight is 175 g/mol. The summed E-state index contributed by atoms with van der Waals surface area (Å²) >= 11 is 0. The van der Waals surface area contributed by atoms with E-state index < -0.39 is 5.91 Å². The van der Waals surface area contributed by atoms with Gasteiger partial charge in [0.15, 0.2) is 0 Å². The summed E-state index contributed by atoms with van der Waals surface area (Å²) < 4.78 is 4.77. The summed E-state index contributed by atoms with van der Waals surface area (Å²) in [7, 11) is 1.51. The summed E-state index contributed by atoms with van der Waals surface area (Å²) in [5.41, 5.74) is 4.80. The lowest BCUT2D eigenvalue weighted by Gasteiger charge is -2.03. The Kier molecular flexibility index (Phi) is 5.72. The van der Waals surface area contributed by atoms with Gasteiger partial charge in [-0.05, 0) is 0 Å². The van der Waals surface area contributed by atoms with Crippen LogP contribution in [0.25, 0.3) is 0 Å². The van der Waals surface area contributed by atoms with Crippen molar-refractivity contribution in [1.82, 2.24) is 10.6 Å². The van der Waals surface area contributed by atoms with Crippen LogP contribution in [0, 0.1) is 0 Å². The molecule has 0 aromatic carbocycles. The number of hydrogen-bond donors (Lipinski definition) is 3. The smallest absolute Gasteiger partial charge is 0.314 e. The Morgan fingerprint density at radius 2 is 2.17 bits per heavy atom. The first-order valence-electron chi connectivity index (χ1n) is 3.48. The maximum absolute atomic E-state index is 10.5. The third kappa shape index (κ3) is 6.81. The predicted molar refractivity (Wildman–Crippen MR) is 42.5 cm³/mol. The molecule has 0 aromatic rings. The molecule has 3 amide bonds. The number of ether oxygens (including phenoxy) is 1. The minimum atomic E-state index is -0.519. The second-order valence-electron chi connectivity index (χ2n) is 2.02. The van der Waals surface area contributed by atoms with Crippen LogP contribution in [-0.2, 0) is 9.53 Å². The Hall–Kier alpha value is -1.30. The fourth-order valence-corrected chi connectivity index (χ4v) is 0.498. The molecule has 70 valence electrons. The molecule has 0 bridgehead atoms. The molecule has 6 nitrogen and oxygen atoms in total. The molecule has 6 heteroatoms. The molecule has 12 heavy (non-hydrogen) atoms. The first-order valence-corrected chi connectivity index (χ1v) is 3.48. The summed E-state index contributed by atoms with van der Waals surface area (Å²) in [6.07, 6.45) is 0. The Morgan fingerprint density at radius 1 is 1.50 bits per heavy atom. The largest absolute Gasteiger partial charge is 0.370 e. The van der Waals surface area contributed by atoms with Gasteiger partial charge in [0.25, 0.3) is 0 Å². The van der Waals surface area contributed by atoms with Gasteiger partial charge in [0.1, 0.15) is 6.61 Å². The third-order valence-corrected chi connectivity index (χ3v) is 1.00. The van der Waals surface area contributed by atoms with Gasteiger partial charge in [0.05, 0.1) is 6.61 Å². The van der Waals surface area contributed by atoms with Gasteiger partial charge in [-0.25, -0.2) is 4.79 Å². The lowest BCUT2D eigenvalue weighted by atomic mass is 10.6. The van der Waals surface area contributed by atoms with Crippen molar-refractivity contribution < 1.29 is 14.3 Å². The van der Waals surface area contributed by atoms with Crippen LogP contribution in [0.3, 0.4) is 0 Å². The van der Waals surface area contributed by atoms with Crippen LogP contribution >= 0.6 is 0 Å². The monoisotopic (exact) mass is 175 g/mol. The molecule has 0 radical (unpaired) electrons. The molecule has 4 N–H and O–H groups in total. The van der Waals surface area contributed by atoms with Gasteiger partial charge in [-0.3, -0.25) is 4.79 Å². The van der Waals surface area contributed by atoms with Gasteiger partial charge in [0, 0.05) is 13.6 Å². The standard InChI is InChI=1S/C6H13N3O3/c1-8-6(11)9-2-3-12-4-5(7)10/h2-4H2,1H3,(H2,7,10)(H2,8,9,11). The molecule has 0 heterocycles. The van der Waals surface area contributed by atoms with Gasteiger partial charge < -0.3 is 21.1 Å². The second kappa shape index (κ2) is 6.41. The highest BCUT2D eigenvalue weighted by atomic mass is 16.5. The number of carbonyl (C=O) groups excluding carboxylic acids is 2. The van der Waals surface area contributed by atoms with E-state index in [1.165, 1.54) is 7.05 Å². The van der Waals surface area contributed by atoms with Crippen LogP contribution in [0.5, 0.6) is 0 Å². The van der Waals surface area contributed by atoms with E-state index in [9.17, 15) is 9.59 Å². The fraction of sp³-hybridized carbons (Fsp3) is 0.667. The van der Waals surface area contributed by atoms with E-state index in [1.807, 2.05) is 0 Å². The van der Waals surface area contributed by atoms with Gasteiger partial charge in [0.2, 0.25) is 5.91 Å². The SMILES string of the molecule is CNC(=O)NCCOCC(N)=O. The molecule has 0 aliphatic carbocycles. The van der Waals surface area contributed by atoms with Crippen molar-refractivity contribution in [2.24, 2.45) is 5.73 Å². The van der Waals surface area contributed by atoms with Crippen molar-refractivity contribution in [3.05, 3.63) is 0 Å². The van der Waals surface area contributed by atoms with Crippen LogP contribution in [-0.4, -0.2) is 38.7 Å². The van der Waals surface area contributed by atoms with Crippen LogP contribution in [0.15, 0.2) is 0 Å². The van der Waals surface area contributed by atoms with E-state index in [4.69, 9.17) is 10.5 Å². The minimum Gasteiger partial charge on any atom is -0.370 e. The molecular formula is C6H13N3O3. The molecule has 0 rings (SSSR count). The quantitative estimate of drug-likeness (QED) is 0.440. The first kappa shape index (κ1) is 10.7. The zero-order chi connectivity index (χ0) is 9.40. The number of carbonyl (C=O) groups is 2. The molecule has 0 atom stereocenters. The van der Waals surface area contributed by atoms with E-state index in [-0.39, 0.29) is 19.2 Å². The normalized spacial score (nSPS) is 9.08. The van der Waals surface area contributed by atoms with E-state index in [1.54, 1.807) is 0 Å². The molecule has 0 saturated carbocycles. The highest BCUT2D eigenvalue weighted by molar-refractivity contribution is 5.75. The molecule has 0 aliphatic heterocycles. The number of nitrogens with two attached hydrogens (primary N) is 1. The van der Waals surface area contributed by atoms with Crippen LogP contribution < -0.4 is 16.4 Å². The van der Waals surface area contributed by atoms with Gasteiger partial charge in [-0.2, -0.15) is 0 Å². The van der Waals surface area contributed by atoms with Gasteiger partial charge >= 0.3 is 6.03 Å². The summed E-state index contributed by atoms with van der Waals surface area (Å²) in [5, 5.41) is 4.85. The summed E-state index contributed by atoms with van der Waals surface area (Å²) in [4.78, 5) is 20.7. The Labute approximate surface area is 70.4 Å². The Bertz CT molecular complexity index is 160. The molecule has 0 aliphatic rings. The van der Waals surface area contributed by atoms with Crippen molar-refractivity contribution in [3.63, 3.8) is 0 Å². The Balaban J connectivity index is 3.11. The highest BCUT2D eigenvalue weighted by Gasteiger charge is 1.95. The number of amides is 3. The zero-order valence-electron chi connectivity index (χ0n) is 6.92. The Morgan fingerprint density at radius 3 is 2.67 bits per heavy atom. The highest BCUT2D eigenvalue weighted by Crippen LogP contribution is 1.71. The number of primary amides is 1. The van der Waals surface area contributed by atoms with Crippen molar-refractivity contribution >= 4 is 11.9 Å². The van der Waals surface area contributed by atoms with Crippen molar-refractivity contribution in [2.45, 2.75) is 0 Å². The molecule has 0 aromatic heterocycles. The van der Waals surface area contributed by atoms with Gasteiger partial charge in [-0.1, -0.05) is 0 Å². The van der Waals surface area contributed by atoms with Crippen LogP contribution in [0.1, 0.15) is 0 Å². The minimum absolute atomic E-state index is 0.116. The predicted octanol–water partition coefficient (Wildman–Crippen LogP) is -1.58. The van der Waals surface area contributed by atoms with Crippen LogP contribution in [0.4, 0.5) is 4.79 Å². The van der Waals surface area contributed by atoms with E-state index in [0.29, 0.717) is 6.54 Å². The molecular weight excluding hydrogens is 162 g/mol. The first-order chi connectivity index (χ1) is 5.66. The van der Waals surface area contributed by atoms with Crippen molar-refractivity contribution in [2.75, 3.05) is 26.8 Å². The van der Waals surface area contributed by atoms with E-state index in [0.717, 1.165) is 0 Å².